The van der Waals surface area contributed by atoms with E-state index < -0.39 is 71.1 Å². The maximum absolute atomic E-state index is 13.4. The van der Waals surface area contributed by atoms with Crippen LogP contribution in [-0.4, -0.2) is 9.85 Å². The lowest BCUT2D eigenvalue weighted by atomic mass is 10.1. The average molecular weight is 499 g/mol. The van der Waals surface area contributed by atoms with Gasteiger partial charge in [-0.25, -0.2) is 0 Å². The van der Waals surface area contributed by atoms with Gasteiger partial charge in [-0.05, 0) is 6.07 Å². The van der Waals surface area contributed by atoms with E-state index in [4.69, 9.17) is 34.8 Å². The molecular formula is C14H4Cl3F6N3O4. The van der Waals surface area contributed by atoms with Crippen molar-refractivity contribution in [3.8, 4) is 0 Å². The first-order valence-electron chi connectivity index (χ1n) is 7.11. The maximum atomic E-state index is 13.4. The van der Waals surface area contributed by atoms with Gasteiger partial charge in [0.15, 0.2) is 0 Å². The molecule has 2 rings (SSSR count). The Bertz CT molecular complexity index is 1060. The van der Waals surface area contributed by atoms with Crippen LogP contribution in [0.4, 0.5) is 49.1 Å². The van der Waals surface area contributed by atoms with E-state index in [0.717, 1.165) is 0 Å². The van der Waals surface area contributed by atoms with Crippen LogP contribution in [0.5, 0.6) is 0 Å². The molecule has 0 spiro atoms. The molecule has 0 saturated carbocycles. The third-order valence-electron chi connectivity index (χ3n) is 3.51. The van der Waals surface area contributed by atoms with Gasteiger partial charge in [-0.3, -0.25) is 20.2 Å². The number of nitrogens with zero attached hydrogens (tertiary/aromatic N) is 2. The molecule has 0 aliphatic rings. The Morgan fingerprint density at radius 1 is 0.833 bits per heavy atom. The van der Waals surface area contributed by atoms with Gasteiger partial charge in [0.05, 0.1) is 47.8 Å². The van der Waals surface area contributed by atoms with Crippen molar-refractivity contribution >= 4 is 57.6 Å². The molecule has 30 heavy (non-hydrogen) atoms. The van der Waals surface area contributed by atoms with Gasteiger partial charge in [0.1, 0.15) is 5.69 Å². The number of nitro groups is 2. The summed E-state index contributed by atoms with van der Waals surface area (Å²) in [4.78, 5) is 19.4. The highest BCUT2D eigenvalue weighted by atomic mass is 35.5. The largest absolute Gasteiger partial charge is 0.419 e. The summed E-state index contributed by atoms with van der Waals surface area (Å²) in [5.74, 6) is 0. The van der Waals surface area contributed by atoms with E-state index in [1.54, 1.807) is 5.32 Å². The molecule has 2 aromatic carbocycles. The van der Waals surface area contributed by atoms with Crippen LogP contribution in [0.2, 0.25) is 15.1 Å². The second-order valence-corrected chi connectivity index (χ2v) is 6.59. The van der Waals surface area contributed by atoms with Crippen molar-refractivity contribution in [3.63, 3.8) is 0 Å². The van der Waals surface area contributed by atoms with E-state index in [2.05, 4.69) is 0 Å². The molecule has 2 aromatic rings. The number of nitro benzene ring substituents is 2. The molecule has 0 saturated heterocycles. The number of non-ortho nitro benzene ring substituents is 1. The van der Waals surface area contributed by atoms with Crippen molar-refractivity contribution in [1.82, 2.24) is 0 Å². The zero-order valence-corrected chi connectivity index (χ0v) is 15.9. The fourth-order valence-corrected chi connectivity index (χ4v) is 3.11. The lowest BCUT2D eigenvalue weighted by Crippen LogP contribution is -2.13. The summed E-state index contributed by atoms with van der Waals surface area (Å²) in [5, 5.41) is 20.8. The minimum Gasteiger partial charge on any atom is -0.348 e. The maximum Gasteiger partial charge on any atom is 0.419 e. The molecule has 0 atom stereocenters. The van der Waals surface area contributed by atoms with Crippen LogP contribution in [0.3, 0.4) is 0 Å². The van der Waals surface area contributed by atoms with Crippen LogP contribution < -0.4 is 5.32 Å². The summed E-state index contributed by atoms with van der Waals surface area (Å²) in [5.41, 5.74) is -8.58. The Balaban J connectivity index is 2.85. The zero-order valence-electron chi connectivity index (χ0n) is 13.7. The normalized spacial score (nSPS) is 12.0. The van der Waals surface area contributed by atoms with E-state index >= 15 is 0 Å². The fourth-order valence-electron chi connectivity index (χ4n) is 2.29. The predicted molar refractivity (Wildman–Crippen MR) is 94.5 cm³/mol. The third-order valence-corrected chi connectivity index (χ3v) is 4.69. The molecule has 16 heteroatoms. The van der Waals surface area contributed by atoms with Gasteiger partial charge in [0.2, 0.25) is 0 Å². The molecular weight excluding hydrogens is 495 g/mol. The quantitative estimate of drug-likeness (QED) is 0.207. The predicted octanol–water partition coefficient (Wildman–Crippen LogP) is 7.24. The Hall–Kier alpha value is -2.51. The summed E-state index contributed by atoms with van der Waals surface area (Å²) in [7, 11) is 0. The Labute approximate surface area is 176 Å². The van der Waals surface area contributed by atoms with E-state index in [1.807, 2.05) is 0 Å². The second kappa shape index (κ2) is 7.96. The first kappa shape index (κ1) is 23.8. The van der Waals surface area contributed by atoms with Crippen LogP contribution in [0, 0.1) is 20.2 Å². The third kappa shape index (κ3) is 4.63. The van der Waals surface area contributed by atoms with Gasteiger partial charge in [-0.1, -0.05) is 34.8 Å². The SMILES string of the molecule is O=[N+]([O-])c1cc([N+](=O)[O-])c(Nc2cc(Cl)c(Cl)c(C(F)(F)F)c2Cl)c(C(F)(F)F)c1. The monoisotopic (exact) mass is 497 g/mol. The van der Waals surface area contributed by atoms with Crippen molar-refractivity contribution < 1.29 is 36.2 Å². The first-order chi connectivity index (χ1) is 13.6. The summed E-state index contributed by atoms with van der Waals surface area (Å²) in [6, 6.07) is 0.797. The van der Waals surface area contributed by atoms with Gasteiger partial charge >= 0.3 is 12.4 Å². The van der Waals surface area contributed by atoms with Gasteiger partial charge in [-0.2, -0.15) is 26.3 Å². The first-order valence-corrected chi connectivity index (χ1v) is 8.24. The minimum atomic E-state index is -5.37. The van der Waals surface area contributed by atoms with Gasteiger partial charge in [0.25, 0.3) is 11.4 Å². The summed E-state index contributed by atoms with van der Waals surface area (Å²) in [6.07, 6.45) is -10.5. The number of anilines is 2. The lowest BCUT2D eigenvalue weighted by molar-refractivity contribution is -0.394. The molecule has 0 radical (unpaired) electrons. The van der Waals surface area contributed by atoms with Crippen LogP contribution in [0.25, 0.3) is 0 Å². The molecule has 0 heterocycles. The number of alkyl halides is 6. The molecule has 0 aliphatic heterocycles. The van der Waals surface area contributed by atoms with Gasteiger partial charge in [-0.15, -0.1) is 0 Å². The van der Waals surface area contributed by atoms with Crippen molar-refractivity contribution in [2.45, 2.75) is 12.4 Å². The Kier molecular flexibility index (Phi) is 6.31. The fraction of sp³-hybridized carbons (Fsp3) is 0.143. The number of benzene rings is 2. The second-order valence-electron chi connectivity index (χ2n) is 5.43. The van der Waals surface area contributed by atoms with Crippen LogP contribution in [-0.2, 0) is 12.4 Å². The van der Waals surface area contributed by atoms with Gasteiger partial charge < -0.3 is 5.32 Å². The van der Waals surface area contributed by atoms with Crippen molar-refractivity contribution in [2.75, 3.05) is 5.32 Å². The number of hydrogen-bond acceptors (Lipinski definition) is 5. The summed E-state index contributed by atoms with van der Waals surface area (Å²) in [6.45, 7) is 0. The average Bonchev–Trinajstić information content (AvgIpc) is 2.57. The van der Waals surface area contributed by atoms with E-state index in [0.29, 0.717) is 6.07 Å². The molecule has 1 N–H and O–H groups in total. The highest BCUT2D eigenvalue weighted by molar-refractivity contribution is 6.45. The van der Waals surface area contributed by atoms with Crippen LogP contribution in [0.15, 0.2) is 18.2 Å². The van der Waals surface area contributed by atoms with E-state index in [9.17, 15) is 46.6 Å². The van der Waals surface area contributed by atoms with Crippen molar-refractivity contribution in [2.24, 2.45) is 0 Å². The molecule has 0 unspecified atom stereocenters. The van der Waals surface area contributed by atoms with Gasteiger partial charge in [0, 0.05) is 6.07 Å². The highest BCUT2D eigenvalue weighted by Crippen LogP contribution is 2.49. The number of nitrogens with one attached hydrogen (secondary N) is 1. The van der Waals surface area contributed by atoms with Crippen LogP contribution in [0.1, 0.15) is 11.1 Å². The standard InChI is InChI=1S/C14H4Cl3F6N3O4/c15-6-3-7(11(17)9(10(6)16)14(21,22)23)24-12-5(13(18,19)20)1-4(25(27)28)2-8(12)26(29)30/h1-3,24H. The topological polar surface area (TPSA) is 98.3 Å². The number of rotatable bonds is 4. The minimum absolute atomic E-state index is 0.0224. The molecule has 0 aliphatic carbocycles. The molecule has 162 valence electrons. The van der Waals surface area contributed by atoms with E-state index in [-0.39, 0.29) is 12.1 Å². The summed E-state index contributed by atoms with van der Waals surface area (Å²) >= 11 is 16.7. The molecule has 0 bridgehead atoms. The number of hydrogen-bond donors (Lipinski definition) is 1. The lowest BCUT2D eigenvalue weighted by Gasteiger charge is -2.19. The zero-order chi connectivity index (χ0) is 23.2. The van der Waals surface area contributed by atoms with Crippen molar-refractivity contribution in [3.05, 3.63) is 64.6 Å². The molecule has 0 aromatic heterocycles. The highest BCUT2D eigenvalue weighted by Gasteiger charge is 2.41. The molecule has 0 amide bonds. The molecule has 0 fully saturated rings. The smallest absolute Gasteiger partial charge is 0.348 e. The van der Waals surface area contributed by atoms with Crippen molar-refractivity contribution in [1.29, 1.82) is 0 Å². The van der Waals surface area contributed by atoms with E-state index in [1.165, 1.54) is 0 Å². The number of halogens is 9. The summed E-state index contributed by atoms with van der Waals surface area (Å²) < 4.78 is 79.8. The molecule has 7 nitrogen and oxygen atoms in total. The Morgan fingerprint density at radius 2 is 1.40 bits per heavy atom. The Morgan fingerprint density at radius 3 is 1.83 bits per heavy atom. The van der Waals surface area contributed by atoms with Crippen LogP contribution >= 0.6 is 34.8 Å².